The lowest BCUT2D eigenvalue weighted by molar-refractivity contribution is -0.136. The maximum atomic E-state index is 13.7. The number of likely N-dealkylation sites (N-methyl/N-ethyl adjacent to an activating group) is 1. The third-order valence-electron chi connectivity index (χ3n) is 5.73. The average molecular weight is 472 g/mol. The molecule has 2 amide bonds. The highest BCUT2D eigenvalue weighted by molar-refractivity contribution is 7.17. The van der Waals surface area contributed by atoms with Crippen molar-refractivity contribution in [1.82, 2.24) is 20.5 Å². The van der Waals surface area contributed by atoms with Crippen molar-refractivity contribution in [3.63, 3.8) is 0 Å². The molecule has 2 N–H and O–H groups in total. The highest BCUT2D eigenvalue weighted by Gasteiger charge is 2.36. The standard InChI is InChI=1S/C20H24F3N5O3S/c1-24-18(29)13-10-32-17-14(20(21,22)23)7-15(26-16(13)17)28-5-3-11(4-6-28)25-19(30)31-12-8-27(2)9-12/h7,10-12H,3-6,8-9H2,1-2H3,(H,24,29)(H,25,30). The summed E-state index contributed by atoms with van der Waals surface area (Å²) in [4.78, 5) is 32.4. The van der Waals surface area contributed by atoms with Crippen LogP contribution in [0, 0.1) is 0 Å². The highest BCUT2D eigenvalue weighted by Crippen LogP contribution is 2.40. The van der Waals surface area contributed by atoms with E-state index in [0.29, 0.717) is 39.0 Å². The third-order valence-corrected chi connectivity index (χ3v) is 6.73. The number of halogens is 3. The van der Waals surface area contributed by atoms with Crippen LogP contribution in [0.25, 0.3) is 10.2 Å². The van der Waals surface area contributed by atoms with E-state index in [1.54, 1.807) is 4.90 Å². The molecule has 12 heteroatoms. The van der Waals surface area contributed by atoms with Crippen LogP contribution in [-0.2, 0) is 10.9 Å². The van der Waals surface area contributed by atoms with Crippen molar-refractivity contribution in [2.24, 2.45) is 0 Å². The molecule has 4 rings (SSSR count). The van der Waals surface area contributed by atoms with Gasteiger partial charge in [-0.3, -0.25) is 9.69 Å². The van der Waals surface area contributed by atoms with Crippen molar-refractivity contribution >= 4 is 39.4 Å². The van der Waals surface area contributed by atoms with E-state index in [1.807, 2.05) is 11.9 Å². The smallest absolute Gasteiger partial charge is 0.417 e. The quantitative estimate of drug-likeness (QED) is 0.713. The van der Waals surface area contributed by atoms with Crippen LogP contribution in [0.5, 0.6) is 0 Å². The molecule has 2 saturated heterocycles. The van der Waals surface area contributed by atoms with Crippen molar-refractivity contribution in [3.05, 3.63) is 22.6 Å². The molecule has 2 aromatic rings. The van der Waals surface area contributed by atoms with E-state index in [1.165, 1.54) is 12.4 Å². The molecule has 0 unspecified atom stereocenters. The average Bonchev–Trinajstić information content (AvgIpc) is 3.15. The van der Waals surface area contributed by atoms with Gasteiger partial charge < -0.3 is 20.3 Å². The zero-order valence-corrected chi connectivity index (χ0v) is 18.5. The predicted molar refractivity (Wildman–Crippen MR) is 114 cm³/mol. The minimum absolute atomic E-state index is 0.0495. The third kappa shape index (κ3) is 4.60. The number of pyridine rings is 1. The van der Waals surface area contributed by atoms with Gasteiger partial charge in [0.05, 0.1) is 21.3 Å². The van der Waals surface area contributed by atoms with Gasteiger partial charge in [0.25, 0.3) is 5.91 Å². The van der Waals surface area contributed by atoms with E-state index in [-0.39, 0.29) is 33.7 Å². The van der Waals surface area contributed by atoms with Gasteiger partial charge in [0, 0.05) is 44.6 Å². The Balaban J connectivity index is 1.48. The van der Waals surface area contributed by atoms with E-state index >= 15 is 0 Å². The molecule has 0 saturated carbocycles. The summed E-state index contributed by atoms with van der Waals surface area (Å²) in [6.07, 6.45) is -4.04. The first-order chi connectivity index (χ1) is 15.2. The largest absolute Gasteiger partial charge is 0.444 e. The van der Waals surface area contributed by atoms with Crippen LogP contribution in [0.15, 0.2) is 11.4 Å². The van der Waals surface area contributed by atoms with Gasteiger partial charge >= 0.3 is 12.3 Å². The zero-order chi connectivity index (χ0) is 23.0. The van der Waals surface area contributed by atoms with E-state index in [9.17, 15) is 22.8 Å². The van der Waals surface area contributed by atoms with Crippen LogP contribution in [0.1, 0.15) is 28.8 Å². The summed E-state index contributed by atoms with van der Waals surface area (Å²) >= 11 is 0.859. The topological polar surface area (TPSA) is 86.8 Å². The van der Waals surface area contributed by atoms with Gasteiger partial charge in [0.1, 0.15) is 11.9 Å². The lowest BCUT2D eigenvalue weighted by Crippen LogP contribution is -2.53. The molecule has 0 bridgehead atoms. The van der Waals surface area contributed by atoms with Crippen LogP contribution in [-0.4, -0.2) is 74.3 Å². The maximum Gasteiger partial charge on any atom is 0.417 e. The molecule has 8 nitrogen and oxygen atoms in total. The van der Waals surface area contributed by atoms with E-state index in [4.69, 9.17) is 4.74 Å². The van der Waals surface area contributed by atoms with Gasteiger partial charge in [-0.1, -0.05) is 0 Å². The molecule has 2 aliphatic heterocycles. The summed E-state index contributed by atoms with van der Waals surface area (Å²) < 4.78 is 46.4. The first kappa shape index (κ1) is 22.6. The van der Waals surface area contributed by atoms with Gasteiger partial charge in [0.15, 0.2) is 0 Å². The van der Waals surface area contributed by atoms with Crippen LogP contribution >= 0.6 is 11.3 Å². The molecule has 0 spiro atoms. The molecule has 32 heavy (non-hydrogen) atoms. The highest BCUT2D eigenvalue weighted by atomic mass is 32.1. The van der Waals surface area contributed by atoms with Gasteiger partial charge in [-0.25, -0.2) is 9.78 Å². The summed E-state index contributed by atoms with van der Waals surface area (Å²) in [5.41, 5.74) is -0.624. The summed E-state index contributed by atoms with van der Waals surface area (Å²) in [6, 6.07) is 0.923. The van der Waals surface area contributed by atoms with E-state index in [2.05, 4.69) is 15.6 Å². The lowest BCUT2D eigenvalue weighted by atomic mass is 10.0. The Hall–Kier alpha value is -2.60. The number of alkyl halides is 3. The van der Waals surface area contributed by atoms with Crippen molar-refractivity contribution < 1.29 is 27.5 Å². The number of thiophene rings is 1. The van der Waals surface area contributed by atoms with Gasteiger partial charge in [0.2, 0.25) is 0 Å². The Morgan fingerprint density at radius 1 is 1.25 bits per heavy atom. The molecule has 0 aliphatic carbocycles. The Bertz CT molecular complexity index is 1010. The molecule has 0 aromatic carbocycles. The Kier molecular flexibility index (Phi) is 6.17. The van der Waals surface area contributed by atoms with Crippen LogP contribution in [0.3, 0.4) is 0 Å². The van der Waals surface area contributed by atoms with Gasteiger partial charge in [-0.15, -0.1) is 11.3 Å². The van der Waals surface area contributed by atoms with Gasteiger partial charge in [-0.05, 0) is 26.0 Å². The van der Waals surface area contributed by atoms with Crippen molar-refractivity contribution in [3.8, 4) is 0 Å². The number of hydrogen-bond acceptors (Lipinski definition) is 7. The number of alkyl carbamates (subject to hydrolysis) is 1. The molecule has 0 radical (unpaired) electrons. The van der Waals surface area contributed by atoms with Crippen molar-refractivity contribution in [2.45, 2.75) is 31.2 Å². The number of nitrogens with zero attached hydrogens (tertiary/aromatic N) is 3. The summed E-state index contributed by atoms with van der Waals surface area (Å²) in [5.74, 6) is -0.306. The molecule has 174 valence electrons. The number of nitrogens with one attached hydrogen (secondary N) is 2. The lowest BCUT2D eigenvalue weighted by Gasteiger charge is -2.36. The summed E-state index contributed by atoms with van der Waals surface area (Å²) in [7, 11) is 3.36. The number of carbonyl (C=O) groups is 2. The molecule has 2 aromatic heterocycles. The fourth-order valence-corrected chi connectivity index (χ4v) is 5.01. The number of aromatic nitrogens is 1. The normalized spacial score (nSPS) is 18.5. The molecule has 4 heterocycles. The number of carbonyl (C=O) groups excluding carboxylic acids is 2. The van der Waals surface area contributed by atoms with Crippen molar-refractivity contribution in [2.75, 3.05) is 45.2 Å². The second-order valence-corrected chi connectivity index (χ2v) is 8.97. The monoisotopic (exact) mass is 471 g/mol. The fourth-order valence-electron chi connectivity index (χ4n) is 3.98. The van der Waals surface area contributed by atoms with E-state index in [0.717, 1.165) is 17.4 Å². The first-order valence-corrected chi connectivity index (χ1v) is 11.2. The number of piperidine rings is 1. The second-order valence-electron chi connectivity index (χ2n) is 8.09. The van der Waals surface area contributed by atoms with Crippen LogP contribution < -0.4 is 15.5 Å². The van der Waals surface area contributed by atoms with Crippen LogP contribution in [0.4, 0.5) is 23.8 Å². The molecule has 2 aliphatic rings. The summed E-state index contributed by atoms with van der Waals surface area (Å²) in [5, 5.41) is 6.68. The molecule has 2 fully saturated rings. The molecular formula is C20H24F3N5O3S. The van der Waals surface area contributed by atoms with E-state index < -0.39 is 23.7 Å². The SMILES string of the molecule is CNC(=O)c1csc2c(C(F)(F)F)cc(N3CCC(NC(=O)OC4CN(C)C4)CC3)nc12. The summed E-state index contributed by atoms with van der Waals surface area (Å²) in [6.45, 7) is 2.27. The van der Waals surface area contributed by atoms with Crippen molar-refractivity contribution in [1.29, 1.82) is 0 Å². The Morgan fingerprint density at radius 3 is 2.53 bits per heavy atom. The van der Waals surface area contributed by atoms with Crippen LogP contribution in [0.2, 0.25) is 0 Å². The number of hydrogen-bond donors (Lipinski definition) is 2. The number of rotatable bonds is 4. The Labute approximate surface area is 186 Å². The number of likely N-dealkylation sites (tertiary alicyclic amines) is 1. The Morgan fingerprint density at radius 2 is 1.94 bits per heavy atom. The maximum absolute atomic E-state index is 13.7. The second kappa shape index (κ2) is 8.74. The van der Waals surface area contributed by atoms with Gasteiger partial charge in [-0.2, -0.15) is 13.2 Å². The zero-order valence-electron chi connectivity index (χ0n) is 17.7. The fraction of sp³-hybridized carbons (Fsp3) is 0.550. The number of ether oxygens (including phenoxy) is 1. The predicted octanol–water partition coefficient (Wildman–Crippen LogP) is 2.68. The molecular weight excluding hydrogens is 447 g/mol. The molecule has 0 atom stereocenters. The first-order valence-electron chi connectivity index (χ1n) is 10.3. The number of amides is 2. The minimum Gasteiger partial charge on any atom is -0.444 e. The number of fused-ring (bicyclic) bond motifs is 1. The number of anilines is 1. The minimum atomic E-state index is -4.57.